The van der Waals surface area contributed by atoms with Gasteiger partial charge in [0.05, 0.1) is 0 Å². The fourth-order valence-corrected chi connectivity index (χ4v) is 3.18. The van der Waals surface area contributed by atoms with Crippen LogP contribution in [-0.2, 0) is 9.59 Å². The zero-order chi connectivity index (χ0) is 16.4. The van der Waals surface area contributed by atoms with Gasteiger partial charge in [0.2, 0.25) is 11.8 Å². The van der Waals surface area contributed by atoms with Crippen LogP contribution >= 0.6 is 12.4 Å². The van der Waals surface area contributed by atoms with E-state index >= 15 is 0 Å². The minimum absolute atomic E-state index is 0. The topological polar surface area (TPSA) is 84.2 Å². The summed E-state index contributed by atoms with van der Waals surface area (Å²) in [5, 5.41) is 5.89. The molecule has 5 nitrogen and oxygen atoms in total. The molecule has 2 saturated carbocycles. The van der Waals surface area contributed by atoms with Gasteiger partial charge in [-0.15, -0.1) is 12.4 Å². The van der Waals surface area contributed by atoms with Gasteiger partial charge in [0.1, 0.15) is 0 Å². The van der Waals surface area contributed by atoms with Crippen molar-refractivity contribution in [1.82, 2.24) is 0 Å². The van der Waals surface area contributed by atoms with Crippen LogP contribution < -0.4 is 16.4 Å². The summed E-state index contributed by atoms with van der Waals surface area (Å²) in [4.78, 5) is 24.1. The average molecular weight is 352 g/mol. The quantitative estimate of drug-likeness (QED) is 0.761. The Kier molecular flexibility index (Phi) is 6.24. The first-order chi connectivity index (χ1) is 11.0. The van der Waals surface area contributed by atoms with Crippen molar-refractivity contribution in [3.8, 4) is 0 Å². The second kappa shape index (κ2) is 7.99. The lowest BCUT2D eigenvalue weighted by molar-refractivity contribution is -0.118. The number of amides is 2. The van der Waals surface area contributed by atoms with Crippen LogP contribution in [0, 0.1) is 18.8 Å². The maximum absolute atomic E-state index is 12.3. The molecule has 24 heavy (non-hydrogen) atoms. The average Bonchev–Trinajstić information content (AvgIpc) is 3.28. The predicted molar refractivity (Wildman–Crippen MR) is 98.3 cm³/mol. The Morgan fingerprint density at radius 2 is 1.92 bits per heavy atom. The highest BCUT2D eigenvalue weighted by molar-refractivity contribution is 5.96. The number of aryl methyl sites for hydroxylation is 1. The molecule has 4 N–H and O–H groups in total. The molecule has 1 aromatic carbocycles. The molecule has 0 saturated heterocycles. The monoisotopic (exact) mass is 351 g/mol. The maximum Gasteiger partial charge on any atom is 0.227 e. The van der Waals surface area contributed by atoms with Crippen molar-refractivity contribution >= 4 is 35.6 Å². The lowest BCUT2D eigenvalue weighted by Crippen LogP contribution is -2.28. The second-order valence-corrected chi connectivity index (χ2v) is 6.90. The van der Waals surface area contributed by atoms with Crippen molar-refractivity contribution in [3.05, 3.63) is 23.8 Å². The number of halogens is 1. The highest BCUT2D eigenvalue weighted by atomic mass is 35.5. The van der Waals surface area contributed by atoms with Gasteiger partial charge in [0.15, 0.2) is 0 Å². The van der Waals surface area contributed by atoms with Crippen LogP contribution in [0.1, 0.15) is 44.1 Å². The fourth-order valence-electron chi connectivity index (χ4n) is 3.18. The number of carbonyl (C=O) groups is 2. The van der Waals surface area contributed by atoms with Crippen LogP contribution in [0.15, 0.2) is 18.2 Å². The molecule has 2 amide bonds. The molecule has 2 aliphatic rings. The molecular formula is C18H26ClN3O2. The summed E-state index contributed by atoms with van der Waals surface area (Å²) in [6.07, 6.45) is 5.58. The van der Waals surface area contributed by atoms with Gasteiger partial charge >= 0.3 is 0 Å². The number of anilines is 2. The van der Waals surface area contributed by atoms with Crippen LogP contribution in [0.2, 0.25) is 0 Å². The number of carbonyl (C=O) groups excluding carboxylic acids is 2. The summed E-state index contributed by atoms with van der Waals surface area (Å²) in [7, 11) is 0. The first-order valence-electron chi connectivity index (χ1n) is 8.50. The van der Waals surface area contributed by atoms with Crippen LogP contribution in [0.5, 0.6) is 0 Å². The largest absolute Gasteiger partial charge is 0.327 e. The zero-order valence-electron chi connectivity index (χ0n) is 14.0. The molecule has 0 bridgehead atoms. The fraction of sp³-hybridized carbons (Fsp3) is 0.556. The minimum atomic E-state index is 0. The Morgan fingerprint density at radius 3 is 2.54 bits per heavy atom. The molecule has 3 rings (SSSR count). The van der Waals surface area contributed by atoms with Crippen molar-refractivity contribution in [2.75, 3.05) is 10.6 Å². The summed E-state index contributed by atoms with van der Waals surface area (Å²) in [6.45, 7) is 1.95. The molecule has 0 aliphatic heterocycles. The smallest absolute Gasteiger partial charge is 0.227 e. The number of rotatable bonds is 5. The Morgan fingerprint density at radius 1 is 1.17 bits per heavy atom. The molecule has 132 valence electrons. The van der Waals surface area contributed by atoms with Crippen molar-refractivity contribution in [2.24, 2.45) is 17.6 Å². The normalized spacial score (nSPS) is 22.6. The molecule has 0 aromatic heterocycles. The summed E-state index contributed by atoms with van der Waals surface area (Å²) < 4.78 is 0. The van der Waals surface area contributed by atoms with Crippen molar-refractivity contribution in [1.29, 1.82) is 0 Å². The van der Waals surface area contributed by atoms with Crippen molar-refractivity contribution in [3.63, 3.8) is 0 Å². The predicted octanol–water partition coefficient (Wildman–Crippen LogP) is 3.22. The van der Waals surface area contributed by atoms with Gasteiger partial charge in [-0.2, -0.15) is 0 Å². The van der Waals surface area contributed by atoms with Gasteiger partial charge in [-0.05, 0) is 56.2 Å². The van der Waals surface area contributed by atoms with E-state index in [-0.39, 0.29) is 42.1 Å². The van der Waals surface area contributed by atoms with Gasteiger partial charge in [-0.25, -0.2) is 0 Å². The van der Waals surface area contributed by atoms with E-state index in [9.17, 15) is 9.59 Å². The van der Waals surface area contributed by atoms with E-state index in [1.54, 1.807) is 0 Å². The lowest BCUT2D eigenvalue weighted by atomic mass is 10.00. The van der Waals surface area contributed by atoms with E-state index in [0.717, 1.165) is 49.0 Å². The number of nitrogens with two attached hydrogens (primary N) is 1. The Labute approximate surface area is 149 Å². The zero-order valence-corrected chi connectivity index (χ0v) is 14.8. The highest BCUT2D eigenvalue weighted by Gasteiger charge is 2.29. The number of nitrogens with one attached hydrogen (secondary N) is 2. The van der Waals surface area contributed by atoms with Crippen molar-refractivity contribution in [2.45, 2.75) is 51.5 Å². The molecule has 2 aliphatic carbocycles. The Balaban J connectivity index is 0.00000208. The molecule has 0 radical (unpaired) electrons. The number of hydrogen-bond donors (Lipinski definition) is 3. The van der Waals surface area contributed by atoms with E-state index in [2.05, 4.69) is 10.6 Å². The summed E-state index contributed by atoms with van der Waals surface area (Å²) in [5.41, 5.74) is 8.52. The number of benzene rings is 1. The third kappa shape index (κ3) is 4.71. The van der Waals surface area contributed by atoms with E-state index in [1.165, 1.54) is 0 Å². The molecule has 1 aromatic rings. The van der Waals surface area contributed by atoms with Crippen LogP contribution in [0.25, 0.3) is 0 Å². The van der Waals surface area contributed by atoms with E-state index in [1.807, 2.05) is 25.1 Å². The van der Waals surface area contributed by atoms with Gasteiger partial charge in [0, 0.05) is 29.8 Å². The molecule has 6 heteroatoms. The van der Waals surface area contributed by atoms with Gasteiger partial charge in [0.25, 0.3) is 0 Å². The van der Waals surface area contributed by atoms with Gasteiger partial charge in [-0.3, -0.25) is 9.59 Å². The van der Waals surface area contributed by atoms with Crippen molar-refractivity contribution < 1.29 is 9.59 Å². The van der Waals surface area contributed by atoms with E-state index in [4.69, 9.17) is 5.73 Å². The first-order valence-corrected chi connectivity index (χ1v) is 8.50. The van der Waals surface area contributed by atoms with E-state index < -0.39 is 0 Å². The first kappa shape index (κ1) is 18.7. The van der Waals surface area contributed by atoms with E-state index in [0.29, 0.717) is 6.42 Å². The molecule has 0 heterocycles. The van der Waals surface area contributed by atoms with Crippen LogP contribution in [0.3, 0.4) is 0 Å². The molecular weight excluding hydrogens is 326 g/mol. The summed E-state index contributed by atoms with van der Waals surface area (Å²) >= 11 is 0. The Bertz CT molecular complexity index is 616. The molecule has 0 spiro atoms. The molecule has 2 atom stereocenters. The molecule has 2 fully saturated rings. The highest BCUT2D eigenvalue weighted by Crippen LogP contribution is 2.31. The van der Waals surface area contributed by atoms with Gasteiger partial charge < -0.3 is 16.4 Å². The summed E-state index contributed by atoms with van der Waals surface area (Å²) in [6, 6.07) is 5.77. The number of hydrogen-bond acceptors (Lipinski definition) is 3. The SMILES string of the molecule is Cc1ccc(NC(=O)C2CC2)cc1NC(=O)C[C@@H]1CCC[C@H]1N.Cl. The minimum Gasteiger partial charge on any atom is -0.327 e. The van der Waals surface area contributed by atoms with Crippen LogP contribution in [-0.4, -0.2) is 17.9 Å². The second-order valence-electron chi connectivity index (χ2n) is 6.90. The lowest BCUT2D eigenvalue weighted by Gasteiger charge is -2.16. The Hall–Kier alpha value is -1.59. The third-order valence-electron chi connectivity index (χ3n) is 4.89. The van der Waals surface area contributed by atoms with Gasteiger partial charge in [-0.1, -0.05) is 12.5 Å². The third-order valence-corrected chi connectivity index (χ3v) is 4.89. The van der Waals surface area contributed by atoms with Crippen LogP contribution in [0.4, 0.5) is 11.4 Å². The molecule has 0 unspecified atom stereocenters. The summed E-state index contributed by atoms with van der Waals surface area (Å²) in [5.74, 6) is 0.524. The standard InChI is InChI=1S/C18H25N3O2.ClH/c1-11-5-8-14(20-18(23)12-6-7-12)10-16(11)21-17(22)9-13-3-2-4-15(13)19;/h5,8,10,12-13,15H,2-4,6-7,9,19H2,1H3,(H,20,23)(H,21,22);1H/t13-,15+;/m0./s1. The maximum atomic E-state index is 12.3.